The Hall–Kier alpha value is -2.28. The summed E-state index contributed by atoms with van der Waals surface area (Å²) in [6.07, 6.45) is 0.372. The van der Waals surface area contributed by atoms with Crippen LogP contribution in [0.2, 0.25) is 0 Å². The molecule has 0 aliphatic heterocycles. The Morgan fingerprint density at radius 3 is 2.41 bits per heavy atom. The van der Waals surface area contributed by atoms with Crippen molar-refractivity contribution in [2.24, 2.45) is 5.92 Å². The summed E-state index contributed by atoms with van der Waals surface area (Å²) >= 11 is 5.58. The maximum absolute atomic E-state index is 12.6. The fraction of sp³-hybridized carbons (Fsp3) is 0.526. The molecule has 0 aromatic heterocycles. The number of nitrogens with zero attached hydrogens (tertiary/aromatic N) is 1. The van der Waals surface area contributed by atoms with Gasteiger partial charge in [0.05, 0.1) is 0 Å². The standard InChI is InChI=1S/C19H28ClN3O4/c1-4-10-23(17(24)12-20)22-18(25)16(11-14(2)3)21-19(26)27-13-15-8-6-5-7-9-15/h5-9,14,16H,4,10-13H2,1-3H3,(H,21,26)(H,22,25)/t16-/m1/s1. The van der Waals surface area contributed by atoms with Gasteiger partial charge in [-0.2, -0.15) is 0 Å². The lowest BCUT2D eigenvalue weighted by Gasteiger charge is -2.26. The number of rotatable bonds is 9. The average molecular weight is 398 g/mol. The molecule has 3 amide bonds. The van der Waals surface area contributed by atoms with Crippen LogP contribution < -0.4 is 10.7 Å². The number of ether oxygens (including phenoxy) is 1. The minimum absolute atomic E-state index is 0.107. The molecule has 1 aromatic carbocycles. The number of alkyl carbamates (subject to hydrolysis) is 1. The van der Waals surface area contributed by atoms with Gasteiger partial charge in [0.2, 0.25) is 0 Å². The summed E-state index contributed by atoms with van der Waals surface area (Å²) in [5.41, 5.74) is 3.39. The number of hydrazine groups is 1. The fourth-order valence-corrected chi connectivity index (χ4v) is 2.50. The van der Waals surface area contributed by atoms with Crippen LogP contribution in [0.1, 0.15) is 39.2 Å². The zero-order valence-electron chi connectivity index (χ0n) is 16.0. The van der Waals surface area contributed by atoms with Gasteiger partial charge in [-0.3, -0.25) is 20.0 Å². The first-order valence-electron chi connectivity index (χ1n) is 9.01. The van der Waals surface area contributed by atoms with E-state index in [1.54, 1.807) is 0 Å². The van der Waals surface area contributed by atoms with Gasteiger partial charge in [-0.15, -0.1) is 11.6 Å². The maximum Gasteiger partial charge on any atom is 0.408 e. The van der Waals surface area contributed by atoms with Gasteiger partial charge in [-0.1, -0.05) is 51.1 Å². The Morgan fingerprint density at radius 2 is 1.85 bits per heavy atom. The number of carbonyl (C=O) groups is 3. The molecule has 0 saturated heterocycles. The number of halogens is 1. The lowest BCUT2D eigenvalue weighted by atomic mass is 10.0. The van der Waals surface area contributed by atoms with Gasteiger partial charge in [-0.25, -0.2) is 4.79 Å². The first kappa shape index (κ1) is 22.8. The van der Waals surface area contributed by atoms with Crippen LogP contribution in [0.4, 0.5) is 4.79 Å². The highest BCUT2D eigenvalue weighted by Crippen LogP contribution is 2.07. The Balaban J connectivity index is 2.68. The summed E-state index contributed by atoms with van der Waals surface area (Å²) in [5, 5.41) is 3.76. The van der Waals surface area contributed by atoms with Crippen LogP contribution in [0, 0.1) is 5.92 Å². The lowest BCUT2D eigenvalue weighted by molar-refractivity contribution is -0.140. The van der Waals surface area contributed by atoms with Crippen LogP contribution in [0.5, 0.6) is 0 Å². The summed E-state index contributed by atoms with van der Waals surface area (Å²) in [6.45, 7) is 6.20. The molecular weight excluding hydrogens is 370 g/mol. The molecule has 2 N–H and O–H groups in total. The predicted molar refractivity (Wildman–Crippen MR) is 104 cm³/mol. The van der Waals surface area contributed by atoms with Crippen molar-refractivity contribution in [2.45, 2.75) is 46.3 Å². The quantitative estimate of drug-likeness (QED) is 0.495. The van der Waals surface area contributed by atoms with Crippen molar-refractivity contribution in [3.8, 4) is 0 Å². The minimum atomic E-state index is -0.823. The van der Waals surface area contributed by atoms with E-state index in [0.717, 1.165) is 5.56 Å². The van der Waals surface area contributed by atoms with E-state index in [9.17, 15) is 14.4 Å². The van der Waals surface area contributed by atoms with Gasteiger partial charge in [0.25, 0.3) is 11.8 Å². The molecule has 7 nitrogen and oxygen atoms in total. The molecule has 1 atom stereocenters. The minimum Gasteiger partial charge on any atom is -0.445 e. The fourth-order valence-electron chi connectivity index (χ4n) is 2.36. The second-order valence-corrected chi connectivity index (χ2v) is 6.81. The van der Waals surface area contributed by atoms with E-state index in [2.05, 4.69) is 10.7 Å². The molecule has 27 heavy (non-hydrogen) atoms. The van der Waals surface area contributed by atoms with Gasteiger partial charge in [0.1, 0.15) is 18.5 Å². The molecule has 0 radical (unpaired) electrons. The third-order valence-electron chi connectivity index (χ3n) is 3.64. The number of hydrogen-bond acceptors (Lipinski definition) is 4. The van der Waals surface area contributed by atoms with E-state index in [1.807, 2.05) is 51.1 Å². The molecule has 0 fully saturated rings. The summed E-state index contributed by atoms with van der Waals surface area (Å²) < 4.78 is 5.18. The van der Waals surface area contributed by atoms with Crippen LogP contribution in [0.25, 0.3) is 0 Å². The monoisotopic (exact) mass is 397 g/mol. The molecule has 0 unspecified atom stereocenters. The topological polar surface area (TPSA) is 87.7 Å². The Labute approximate surface area is 165 Å². The van der Waals surface area contributed by atoms with Crippen molar-refractivity contribution in [1.82, 2.24) is 15.8 Å². The van der Waals surface area contributed by atoms with Crippen LogP contribution in [0.3, 0.4) is 0 Å². The third-order valence-corrected chi connectivity index (χ3v) is 3.86. The Kier molecular flexibility index (Phi) is 10.3. The zero-order chi connectivity index (χ0) is 20.2. The highest BCUT2D eigenvalue weighted by molar-refractivity contribution is 6.27. The molecule has 8 heteroatoms. The highest BCUT2D eigenvalue weighted by Gasteiger charge is 2.25. The van der Waals surface area contributed by atoms with E-state index in [-0.39, 0.29) is 18.4 Å². The number of benzene rings is 1. The number of amides is 3. The van der Waals surface area contributed by atoms with E-state index in [0.29, 0.717) is 19.4 Å². The van der Waals surface area contributed by atoms with Crippen molar-refractivity contribution >= 4 is 29.5 Å². The van der Waals surface area contributed by atoms with Crippen molar-refractivity contribution in [3.05, 3.63) is 35.9 Å². The first-order valence-corrected chi connectivity index (χ1v) is 9.54. The van der Waals surface area contributed by atoms with E-state index in [4.69, 9.17) is 16.3 Å². The summed E-state index contributed by atoms with van der Waals surface area (Å²) in [4.78, 5) is 36.5. The number of carbonyl (C=O) groups excluding carboxylic acids is 3. The second kappa shape index (κ2) is 12.2. The van der Waals surface area contributed by atoms with Crippen molar-refractivity contribution in [1.29, 1.82) is 0 Å². The van der Waals surface area contributed by atoms with E-state index >= 15 is 0 Å². The molecule has 1 aromatic rings. The van der Waals surface area contributed by atoms with Crippen LogP contribution >= 0.6 is 11.6 Å². The summed E-state index contributed by atoms with van der Waals surface area (Å²) in [6, 6.07) is 8.42. The molecule has 0 bridgehead atoms. The normalized spacial score (nSPS) is 11.6. The van der Waals surface area contributed by atoms with Gasteiger partial charge in [-0.05, 0) is 24.3 Å². The van der Waals surface area contributed by atoms with Crippen LogP contribution in [0.15, 0.2) is 30.3 Å². The highest BCUT2D eigenvalue weighted by atomic mass is 35.5. The van der Waals surface area contributed by atoms with Gasteiger partial charge in [0.15, 0.2) is 0 Å². The smallest absolute Gasteiger partial charge is 0.408 e. The first-order chi connectivity index (χ1) is 12.9. The summed E-state index contributed by atoms with van der Waals surface area (Å²) in [7, 11) is 0. The second-order valence-electron chi connectivity index (χ2n) is 6.54. The molecular formula is C19H28ClN3O4. The van der Waals surface area contributed by atoms with Gasteiger partial charge in [0, 0.05) is 6.54 Å². The zero-order valence-corrected chi connectivity index (χ0v) is 16.8. The number of hydrogen-bond donors (Lipinski definition) is 2. The molecule has 0 spiro atoms. The van der Waals surface area contributed by atoms with Crippen molar-refractivity contribution < 1.29 is 19.1 Å². The summed E-state index contributed by atoms with van der Waals surface area (Å²) in [5.74, 6) is -0.964. The third kappa shape index (κ3) is 8.77. The molecule has 150 valence electrons. The van der Waals surface area contributed by atoms with Crippen LogP contribution in [-0.2, 0) is 20.9 Å². The van der Waals surface area contributed by atoms with E-state index in [1.165, 1.54) is 5.01 Å². The molecule has 0 heterocycles. The van der Waals surface area contributed by atoms with Crippen molar-refractivity contribution in [3.63, 3.8) is 0 Å². The van der Waals surface area contributed by atoms with Crippen LogP contribution in [-0.4, -0.2) is 41.4 Å². The van der Waals surface area contributed by atoms with Gasteiger partial charge >= 0.3 is 6.09 Å². The SMILES string of the molecule is CCCN(NC(=O)[C@@H](CC(C)C)NC(=O)OCc1ccccc1)C(=O)CCl. The number of nitrogens with one attached hydrogen (secondary N) is 2. The largest absolute Gasteiger partial charge is 0.445 e. The number of alkyl halides is 1. The van der Waals surface area contributed by atoms with Gasteiger partial charge < -0.3 is 10.1 Å². The molecule has 0 aliphatic carbocycles. The Bertz CT molecular complexity index is 610. The molecule has 0 saturated carbocycles. The molecule has 0 aliphatic rings. The van der Waals surface area contributed by atoms with Crippen molar-refractivity contribution in [2.75, 3.05) is 12.4 Å². The molecule has 1 rings (SSSR count). The maximum atomic E-state index is 12.6. The Morgan fingerprint density at radius 1 is 1.19 bits per heavy atom. The van der Waals surface area contributed by atoms with E-state index < -0.39 is 23.9 Å². The predicted octanol–water partition coefficient (Wildman–Crippen LogP) is 2.84. The average Bonchev–Trinajstić information content (AvgIpc) is 2.65. The lowest BCUT2D eigenvalue weighted by Crippen LogP contribution is -2.55.